The number of alkyl halides is 1. The molecule has 0 bridgehead atoms. The van der Waals surface area contributed by atoms with Crippen molar-refractivity contribution < 1.29 is 4.74 Å². The molecule has 0 heterocycles. The predicted molar refractivity (Wildman–Crippen MR) is 63.6 cm³/mol. The summed E-state index contributed by atoms with van der Waals surface area (Å²) in [7, 11) is 1.59. The molecule has 0 atom stereocenters. The summed E-state index contributed by atoms with van der Waals surface area (Å²) in [6.07, 6.45) is 0. The molecule has 0 aliphatic rings. The van der Waals surface area contributed by atoms with E-state index >= 15 is 0 Å². The summed E-state index contributed by atoms with van der Waals surface area (Å²) in [5.74, 6) is 0.671. The van der Waals surface area contributed by atoms with Crippen molar-refractivity contribution >= 4 is 39.1 Å². The minimum atomic E-state index is 0.534. The van der Waals surface area contributed by atoms with Gasteiger partial charge in [-0.3, -0.25) is 0 Å². The van der Waals surface area contributed by atoms with E-state index in [1.54, 1.807) is 13.2 Å². The minimum Gasteiger partial charge on any atom is -0.495 e. The van der Waals surface area contributed by atoms with Gasteiger partial charge in [0.25, 0.3) is 0 Å². The van der Waals surface area contributed by atoms with E-state index in [0.717, 1.165) is 5.56 Å². The summed E-state index contributed by atoms with van der Waals surface area (Å²) in [6, 6.07) is 3.50. The van der Waals surface area contributed by atoms with E-state index in [4.69, 9.17) is 27.9 Å². The molecule has 0 fully saturated rings. The molecule has 0 saturated carbocycles. The lowest BCUT2D eigenvalue weighted by Crippen LogP contribution is -2.11. The van der Waals surface area contributed by atoms with E-state index < -0.39 is 0 Å². The van der Waals surface area contributed by atoms with E-state index in [1.165, 1.54) is 0 Å². The van der Waals surface area contributed by atoms with Gasteiger partial charge in [0, 0.05) is 17.1 Å². The number of nitrogens with one attached hydrogen (secondary N) is 1. The Balaban J connectivity index is 2.99. The second kappa shape index (κ2) is 5.81. The van der Waals surface area contributed by atoms with Crippen LogP contribution in [0, 0.1) is 0 Å². The Morgan fingerprint density at radius 2 is 2.14 bits per heavy atom. The number of hydrogen-bond donors (Lipinski definition) is 1. The van der Waals surface area contributed by atoms with Crippen LogP contribution < -0.4 is 10.1 Å². The van der Waals surface area contributed by atoms with Gasteiger partial charge < -0.3 is 10.1 Å². The van der Waals surface area contributed by atoms with E-state index in [9.17, 15) is 0 Å². The van der Waals surface area contributed by atoms with Crippen molar-refractivity contribution in [1.29, 1.82) is 0 Å². The second-order valence-corrected chi connectivity index (χ2v) is 4.04. The molecular formula is C9H10BrCl2NO. The number of ether oxygens (including phenoxy) is 1. The molecule has 0 amide bonds. The summed E-state index contributed by atoms with van der Waals surface area (Å²) in [5.41, 5.74) is 1.66. The van der Waals surface area contributed by atoms with Crippen LogP contribution in [0.5, 0.6) is 5.75 Å². The fourth-order valence-electron chi connectivity index (χ4n) is 1.16. The molecular weight excluding hydrogens is 289 g/mol. The topological polar surface area (TPSA) is 21.3 Å². The number of benzene rings is 1. The molecule has 1 aromatic rings. The zero-order valence-electron chi connectivity index (χ0n) is 7.61. The van der Waals surface area contributed by atoms with Crippen LogP contribution in [0.3, 0.4) is 0 Å². The third kappa shape index (κ3) is 3.02. The van der Waals surface area contributed by atoms with Gasteiger partial charge in [-0.05, 0) is 12.1 Å². The first-order valence-electron chi connectivity index (χ1n) is 3.97. The lowest BCUT2D eigenvalue weighted by atomic mass is 10.2. The van der Waals surface area contributed by atoms with Gasteiger partial charge in [-0.25, -0.2) is 0 Å². The van der Waals surface area contributed by atoms with Crippen LogP contribution in [0.15, 0.2) is 12.1 Å². The van der Waals surface area contributed by atoms with Crippen LogP contribution in [0.4, 0.5) is 0 Å². The molecule has 1 aromatic carbocycles. The van der Waals surface area contributed by atoms with Gasteiger partial charge in [-0.2, -0.15) is 0 Å². The van der Waals surface area contributed by atoms with Gasteiger partial charge in [0.1, 0.15) is 5.75 Å². The quantitative estimate of drug-likeness (QED) is 0.679. The summed E-state index contributed by atoms with van der Waals surface area (Å²) in [4.78, 5) is 0. The molecule has 1 N–H and O–H groups in total. The maximum atomic E-state index is 5.96. The predicted octanol–water partition coefficient (Wildman–Crippen LogP) is 3.44. The SMILES string of the molecule is COc1c(Cl)cc(Cl)cc1CNCBr. The van der Waals surface area contributed by atoms with Crippen molar-refractivity contribution in [2.45, 2.75) is 6.54 Å². The average molecular weight is 299 g/mol. The monoisotopic (exact) mass is 297 g/mol. The van der Waals surface area contributed by atoms with E-state index in [1.807, 2.05) is 6.07 Å². The Morgan fingerprint density at radius 1 is 1.43 bits per heavy atom. The van der Waals surface area contributed by atoms with Crippen LogP contribution in [0.2, 0.25) is 10.0 Å². The first-order chi connectivity index (χ1) is 6.69. The summed E-state index contributed by atoms with van der Waals surface area (Å²) < 4.78 is 5.18. The standard InChI is InChI=1S/C9H10BrCl2NO/c1-14-9-6(4-13-5-10)2-7(11)3-8(9)12/h2-3,13H,4-5H2,1H3. The Kier molecular flexibility index (Phi) is 5.02. The summed E-state index contributed by atoms with van der Waals surface area (Å²) in [6.45, 7) is 0.661. The highest BCUT2D eigenvalue weighted by molar-refractivity contribution is 9.09. The molecule has 78 valence electrons. The highest BCUT2D eigenvalue weighted by atomic mass is 79.9. The van der Waals surface area contributed by atoms with Crippen molar-refractivity contribution in [1.82, 2.24) is 5.32 Å². The smallest absolute Gasteiger partial charge is 0.142 e. The fraction of sp³-hybridized carbons (Fsp3) is 0.333. The third-order valence-electron chi connectivity index (χ3n) is 1.70. The van der Waals surface area contributed by atoms with Crippen molar-refractivity contribution in [3.05, 3.63) is 27.7 Å². The fourth-order valence-corrected chi connectivity index (χ4v) is 1.97. The molecule has 0 saturated heterocycles. The highest BCUT2D eigenvalue weighted by Gasteiger charge is 2.08. The molecule has 0 aromatic heterocycles. The zero-order chi connectivity index (χ0) is 10.6. The molecule has 0 aliphatic carbocycles. The Labute approximate surface area is 102 Å². The first-order valence-corrected chi connectivity index (χ1v) is 5.85. The Bertz CT molecular complexity index is 320. The number of rotatable bonds is 4. The number of hydrogen-bond acceptors (Lipinski definition) is 2. The van der Waals surface area contributed by atoms with Gasteiger partial charge in [-0.15, -0.1) is 0 Å². The summed E-state index contributed by atoms with van der Waals surface area (Å²) >= 11 is 15.1. The molecule has 0 aliphatic heterocycles. The van der Waals surface area contributed by atoms with Crippen LogP contribution in [0.1, 0.15) is 5.56 Å². The zero-order valence-corrected chi connectivity index (χ0v) is 10.7. The van der Waals surface area contributed by atoms with Crippen molar-refractivity contribution in [3.8, 4) is 5.75 Å². The maximum absolute atomic E-state index is 5.96. The molecule has 0 unspecified atom stereocenters. The van der Waals surface area contributed by atoms with Gasteiger partial charge in [0.15, 0.2) is 0 Å². The highest BCUT2D eigenvalue weighted by Crippen LogP contribution is 2.31. The van der Waals surface area contributed by atoms with Gasteiger partial charge >= 0.3 is 0 Å². The first kappa shape index (κ1) is 12.1. The average Bonchev–Trinajstić information content (AvgIpc) is 2.14. The second-order valence-electron chi connectivity index (χ2n) is 2.64. The summed E-state index contributed by atoms with van der Waals surface area (Å²) in [5, 5.41) is 4.26. The van der Waals surface area contributed by atoms with Crippen molar-refractivity contribution in [2.24, 2.45) is 0 Å². The molecule has 1 rings (SSSR count). The van der Waals surface area contributed by atoms with Crippen LogP contribution >= 0.6 is 39.1 Å². The number of halogens is 3. The molecule has 0 spiro atoms. The van der Waals surface area contributed by atoms with Crippen LogP contribution in [-0.2, 0) is 6.54 Å². The third-order valence-corrected chi connectivity index (χ3v) is 2.59. The lowest BCUT2D eigenvalue weighted by molar-refractivity contribution is 0.408. The van der Waals surface area contributed by atoms with Crippen molar-refractivity contribution in [3.63, 3.8) is 0 Å². The lowest BCUT2D eigenvalue weighted by Gasteiger charge is -2.10. The molecule has 14 heavy (non-hydrogen) atoms. The van der Waals surface area contributed by atoms with Crippen molar-refractivity contribution in [2.75, 3.05) is 12.6 Å². The molecule has 0 radical (unpaired) electrons. The molecule has 2 nitrogen and oxygen atoms in total. The largest absolute Gasteiger partial charge is 0.495 e. The normalized spacial score (nSPS) is 10.3. The Morgan fingerprint density at radius 3 is 2.71 bits per heavy atom. The van der Waals surface area contributed by atoms with E-state index in [-0.39, 0.29) is 0 Å². The maximum Gasteiger partial charge on any atom is 0.142 e. The van der Waals surface area contributed by atoms with Gasteiger partial charge in [-0.1, -0.05) is 39.1 Å². The Hall–Kier alpha value is 0.0400. The number of methoxy groups -OCH3 is 1. The minimum absolute atomic E-state index is 0.534. The molecule has 5 heteroatoms. The van der Waals surface area contributed by atoms with E-state index in [2.05, 4.69) is 21.2 Å². The van der Waals surface area contributed by atoms with Crippen LogP contribution in [-0.4, -0.2) is 12.6 Å². The van der Waals surface area contributed by atoms with E-state index in [0.29, 0.717) is 27.8 Å². The van der Waals surface area contributed by atoms with Gasteiger partial charge in [0.2, 0.25) is 0 Å². The van der Waals surface area contributed by atoms with Gasteiger partial charge in [0.05, 0.1) is 17.6 Å². The van der Waals surface area contributed by atoms with Crippen LogP contribution in [0.25, 0.3) is 0 Å².